The topological polar surface area (TPSA) is 110 Å². The lowest BCUT2D eigenvalue weighted by molar-refractivity contribution is 0.310. The summed E-state index contributed by atoms with van der Waals surface area (Å²) in [5.41, 5.74) is 5.34. The predicted octanol–water partition coefficient (Wildman–Crippen LogP) is -1.32. The number of piperidine rings is 1. The molecule has 0 aromatic carbocycles. The second-order valence-corrected chi connectivity index (χ2v) is 8.76. The molecule has 0 bridgehead atoms. The van der Waals surface area contributed by atoms with E-state index in [2.05, 4.69) is 4.72 Å². The molecule has 0 aromatic heterocycles. The van der Waals surface area contributed by atoms with Gasteiger partial charge in [-0.15, -0.1) is 0 Å². The van der Waals surface area contributed by atoms with Gasteiger partial charge in [-0.05, 0) is 19.8 Å². The molecule has 1 unspecified atom stereocenters. The molecule has 1 saturated heterocycles. The third kappa shape index (κ3) is 4.16. The van der Waals surface area contributed by atoms with E-state index in [9.17, 15) is 16.8 Å². The van der Waals surface area contributed by atoms with Crippen LogP contribution in [0, 0.1) is 0 Å². The van der Waals surface area contributed by atoms with Crippen LogP contribution >= 0.6 is 0 Å². The summed E-state index contributed by atoms with van der Waals surface area (Å²) in [6.07, 6.45) is 2.14. The summed E-state index contributed by atoms with van der Waals surface area (Å²) in [5, 5.41) is -0.634. The maximum absolute atomic E-state index is 11.8. The smallest absolute Gasteiger partial charge is 0.215 e. The molecule has 0 amide bonds. The molecule has 0 saturated carbocycles. The molecule has 18 heavy (non-hydrogen) atoms. The first kappa shape index (κ1) is 15.8. The van der Waals surface area contributed by atoms with Crippen LogP contribution < -0.4 is 10.5 Å². The monoisotopic (exact) mass is 299 g/mol. The van der Waals surface area contributed by atoms with Crippen LogP contribution in [-0.4, -0.2) is 58.3 Å². The van der Waals surface area contributed by atoms with E-state index in [0.29, 0.717) is 25.9 Å². The lowest BCUT2D eigenvalue weighted by Crippen LogP contribution is -2.48. The third-order valence-electron chi connectivity index (χ3n) is 3.12. The fraction of sp³-hybridized carbons (Fsp3) is 1.00. The van der Waals surface area contributed by atoms with Crippen molar-refractivity contribution in [2.75, 3.05) is 25.9 Å². The van der Waals surface area contributed by atoms with Crippen LogP contribution in [0.5, 0.6) is 0 Å². The fourth-order valence-corrected chi connectivity index (χ4v) is 3.84. The first-order chi connectivity index (χ1) is 8.16. The number of hydrogen-bond donors (Lipinski definition) is 2. The van der Waals surface area contributed by atoms with Crippen LogP contribution in [0.25, 0.3) is 0 Å². The second-order valence-electron chi connectivity index (χ2n) is 4.65. The van der Waals surface area contributed by atoms with Crippen molar-refractivity contribution in [1.29, 1.82) is 0 Å². The molecule has 9 heteroatoms. The molecule has 0 spiro atoms. The first-order valence-electron chi connectivity index (χ1n) is 5.83. The Morgan fingerprint density at radius 1 is 1.28 bits per heavy atom. The quantitative estimate of drug-likeness (QED) is 0.654. The van der Waals surface area contributed by atoms with Crippen LogP contribution in [0.2, 0.25) is 0 Å². The van der Waals surface area contributed by atoms with Crippen molar-refractivity contribution < 1.29 is 16.8 Å². The molecular formula is C9H21N3O4S2. The van der Waals surface area contributed by atoms with Crippen LogP contribution in [0.1, 0.15) is 19.8 Å². The highest BCUT2D eigenvalue weighted by Crippen LogP contribution is 2.14. The van der Waals surface area contributed by atoms with Gasteiger partial charge in [0.25, 0.3) is 0 Å². The Kier molecular flexibility index (Phi) is 5.13. The molecule has 108 valence electrons. The van der Waals surface area contributed by atoms with Gasteiger partial charge in [-0.1, -0.05) is 0 Å². The molecule has 1 aliphatic heterocycles. The van der Waals surface area contributed by atoms with E-state index in [1.165, 1.54) is 4.31 Å². The Morgan fingerprint density at radius 2 is 1.78 bits per heavy atom. The van der Waals surface area contributed by atoms with Gasteiger partial charge in [0, 0.05) is 25.7 Å². The summed E-state index contributed by atoms with van der Waals surface area (Å²) in [6.45, 7) is 2.32. The zero-order valence-electron chi connectivity index (χ0n) is 10.7. The molecule has 1 fully saturated rings. The minimum atomic E-state index is -3.41. The molecule has 1 rings (SSSR count). The van der Waals surface area contributed by atoms with Gasteiger partial charge in [0.1, 0.15) is 0 Å². The number of nitrogens with one attached hydrogen (secondary N) is 1. The van der Waals surface area contributed by atoms with Crippen molar-refractivity contribution in [3.8, 4) is 0 Å². The van der Waals surface area contributed by atoms with E-state index in [4.69, 9.17) is 5.73 Å². The average molecular weight is 299 g/mol. The summed E-state index contributed by atoms with van der Waals surface area (Å²) in [4.78, 5) is 0. The normalized spacial score (nSPS) is 21.9. The Labute approximate surface area is 109 Å². The first-order valence-corrected chi connectivity index (χ1v) is 9.22. The summed E-state index contributed by atoms with van der Waals surface area (Å²) < 4.78 is 50.1. The van der Waals surface area contributed by atoms with Crippen molar-refractivity contribution >= 4 is 20.0 Å². The molecule has 0 aliphatic carbocycles. The summed E-state index contributed by atoms with van der Waals surface area (Å²) >= 11 is 0. The summed E-state index contributed by atoms with van der Waals surface area (Å²) in [6, 6.07) is -0.206. The average Bonchev–Trinajstić information content (AvgIpc) is 2.26. The van der Waals surface area contributed by atoms with E-state index in [-0.39, 0.29) is 12.6 Å². The summed E-state index contributed by atoms with van der Waals surface area (Å²) in [5.74, 6) is 0. The van der Waals surface area contributed by atoms with Crippen molar-refractivity contribution in [1.82, 2.24) is 9.03 Å². The van der Waals surface area contributed by atoms with Crippen LogP contribution in [0.3, 0.4) is 0 Å². The summed E-state index contributed by atoms with van der Waals surface area (Å²) in [7, 11) is -6.58. The zero-order chi connectivity index (χ0) is 14.0. The van der Waals surface area contributed by atoms with E-state index in [1.54, 1.807) is 6.92 Å². The van der Waals surface area contributed by atoms with Gasteiger partial charge < -0.3 is 5.73 Å². The highest BCUT2D eigenvalue weighted by molar-refractivity contribution is 7.90. The standard InChI is InChI=1S/C9H21N3O4S2/c1-8(7-10)18(15,16)11-9-3-5-12(6-4-9)17(2,13)14/h8-9,11H,3-7,10H2,1-2H3. The molecular weight excluding hydrogens is 278 g/mol. The van der Waals surface area contributed by atoms with Gasteiger partial charge in [-0.3, -0.25) is 0 Å². The van der Waals surface area contributed by atoms with E-state index >= 15 is 0 Å². The van der Waals surface area contributed by atoms with Crippen LogP contribution in [0.15, 0.2) is 0 Å². The van der Waals surface area contributed by atoms with Crippen molar-refractivity contribution in [3.63, 3.8) is 0 Å². The van der Waals surface area contributed by atoms with E-state index in [1.807, 2.05) is 0 Å². The molecule has 1 atom stereocenters. The third-order valence-corrected chi connectivity index (χ3v) is 6.33. The lowest BCUT2D eigenvalue weighted by atomic mass is 10.1. The van der Waals surface area contributed by atoms with E-state index < -0.39 is 25.3 Å². The van der Waals surface area contributed by atoms with Crippen molar-refractivity contribution in [2.45, 2.75) is 31.1 Å². The fourth-order valence-electron chi connectivity index (χ4n) is 1.78. The molecule has 1 heterocycles. The molecule has 0 radical (unpaired) electrons. The number of sulfonamides is 2. The predicted molar refractivity (Wildman–Crippen MR) is 70.0 cm³/mol. The van der Waals surface area contributed by atoms with E-state index in [0.717, 1.165) is 6.26 Å². The second kappa shape index (κ2) is 5.83. The largest absolute Gasteiger partial charge is 0.329 e. The maximum atomic E-state index is 11.8. The highest BCUT2D eigenvalue weighted by atomic mass is 32.2. The Morgan fingerprint density at radius 3 is 2.17 bits per heavy atom. The maximum Gasteiger partial charge on any atom is 0.215 e. The van der Waals surface area contributed by atoms with Gasteiger partial charge in [0.2, 0.25) is 20.0 Å². The Bertz CT molecular complexity index is 466. The number of rotatable bonds is 5. The molecule has 3 N–H and O–H groups in total. The highest BCUT2D eigenvalue weighted by Gasteiger charge is 2.29. The van der Waals surface area contributed by atoms with Crippen molar-refractivity contribution in [2.24, 2.45) is 5.73 Å². The Hall–Kier alpha value is -0.220. The zero-order valence-corrected chi connectivity index (χ0v) is 12.3. The van der Waals surface area contributed by atoms with Gasteiger partial charge in [-0.25, -0.2) is 25.9 Å². The minimum Gasteiger partial charge on any atom is -0.329 e. The van der Waals surface area contributed by atoms with Crippen LogP contribution in [-0.2, 0) is 20.0 Å². The van der Waals surface area contributed by atoms with Gasteiger partial charge >= 0.3 is 0 Å². The lowest BCUT2D eigenvalue weighted by Gasteiger charge is -2.31. The van der Waals surface area contributed by atoms with Crippen LogP contribution in [0.4, 0.5) is 0 Å². The Balaban J connectivity index is 2.55. The minimum absolute atomic E-state index is 0.0670. The number of nitrogens with two attached hydrogens (primary N) is 1. The molecule has 0 aromatic rings. The number of hydrogen-bond acceptors (Lipinski definition) is 5. The SMILES string of the molecule is CC(CN)S(=O)(=O)NC1CCN(S(C)(=O)=O)CC1. The molecule has 7 nitrogen and oxygen atoms in total. The molecule has 1 aliphatic rings. The van der Waals surface area contributed by atoms with Gasteiger partial charge in [0.15, 0.2) is 0 Å². The van der Waals surface area contributed by atoms with Crippen molar-refractivity contribution in [3.05, 3.63) is 0 Å². The number of nitrogens with zero attached hydrogens (tertiary/aromatic N) is 1. The van der Waals surface area contributed by atoms with Gasteiger partial charge in [-0.2, -0.15) is 0 Å². The van der Waals surface area contributed by atoms with Gasteiger partial charge in [0.05, 0.1) is 11.5 Å².